The second-order valence-corrected chi connectivity index (χ2v) is 6.62. The van der Waals surface area contributed by atoms with Crippen LogP contribution in [0, 0.1) is 17.0 Å². The molecule has 1 saturated carbocycles. The van der Waals surface area contributed by atoms with Crippen molar-refractivity contribution in [3.05, 3.63) is 53.0 Å². The molecule has 26 heavy (non-hydrogen) atoms. The van der Waals surface area contributed by atoms with Crippen molar-refractivity contribution in [2.45, 2.75) is 32.1 Å². The number of benzene rings is 1. The van der Waals surface area contributed by atoms with E-state index < -0.39 is 11.6 Å². The highest BCUT2D eigenvalue weighted by atomic mass is 19.1. The monoisotopic (exact) mass is 355 g/mol. The Bertz CT molecular complexity index is 901. The Morgan fingerprint density at radius 1 is 1.31 bits per heavy atom. The van der Waals surface area contributed by atoms with Gasteiger partial charge >= 0.3 is 0 Å². The highest BCUT2D eigenvalue weighted by Gasteiger charge is 2.29. The summed E-state index contributed by atoms with van der Waals surface area (Å²) in [4.78, 5) is 6.19. The minimum Gasteiger partial charge on any atom is -0.332 e. The summed E-state index contributed by atoms with van der Waals surface area (Å²) in [7, 11) is 0. The van der Waals surface area contributed by atoms with E-state index in [9.17, 15) is 8.78 Å². The first-order valence-electron chi connectivity index (χ1n) is 8.73. The van der Waals surface area contributed by atoms with Crippen LogP contribution >= 0.6 is 0 Å². The minimum absolute atomic E-state index is 0.141. The highest BCUT2D eigenvalue weighted by molar-refractivity contribution is 6.13. The number of nitrogens with one attached hydrogen (secondary N) is 2. The molecular weight excluding hydrogens is 336 g/mol. The van der Waals surface area contributed by atoms with E-state index in [0.717, 1.165) is 19.3 Å². The standard InChI is InChI=1S/C19H19F2N5/c1-2-5-26-10-13(8-22)18-16(9-23-25-18)24-19(26)17-14(20)6-12(7-15(17)21)11-3-4-11/h6-11,22H,2-5H2,1H3,(H,23,25). The van der Waals surface area contributed by atoms with Crippen LogP contribution < -0.4 is 0 Å². The van der Waals surface area contributed by atoms with Gasteiger partial charge in [0.1, 0.15) is 23.2 Å². The molecule has 0 unspecified atom stereocenters. The first-order valence-corrected chi connectivity index (χ1v) is 8.73. The molecule has 0 bridgehead atoms. The Balaban J connectivity index is 1.88. The van der Waals surface area contributed by atoms with Crippen LogP contribution in [0.3, 0.4) is 0 Å². The summed E-state index contributed by atoms with van der Waals surface area (Å²) in [6, 6.07) is 2.84. The molecule has 0 amide bonds. The fraction of sp³-hybridized carbons (Fsp3) is 0.316. The summed E-state index contributed by atoms with van der Waals surface area (Å²) in [5.41, 5.74) is 2.14. The third-order valence-electron chi connectivity index (χ3n) is 4.66. The number of H-pyrrole nitrogens is 1. The van der Waals surface area contributed by atoms with Gasteiger partial charge in [0.05, 0.1) is 17.5 Å². The average Bonchev–Trinajstić information content (AvgIpc) is 3.39. The molecule has 0 radical (unpaired) electrons. The Labute approximate surface area is 150 Å². The number of hydrogen-bond acceptors (Lipinski definition) is 4. The van der Waals surface area contributed by atoms with E-state index in [4.69, 9.17) is 5.41 Å². The quantitative estimate of drug-likeness (QED) is 0.783. The molecule has 1 aliphatic heterocycles. The van der Waals surface area contributed by atoms with Gasteiger partial charge < -0.3 is 10.3 Å². The van der Waals surface area contributed by atoms with Gasteiger partial charge in [-0.25, -0.2) is 13.8 Å². The van der Waals surface area contributed by atoms with Gasteiger partial charge in [0.15, 0.2) is 0 Å². The topological polar surface area (TPSA) is 68.1 Å². The van der Waals surface area contributed by atoms with Gasteiger partial charge in [-0.2, -0.15) is 5.10 Å². The lowest BCUT2D eigenvalue weighted by molar-refractivity contribution is 0.530. The van der Waals surface area contributed by atoms with Crippen molar-refractivity contribution in [2.24, 2.45) is 4.99 Å². The highest BCUT2D eigenvalue weighted by Crippen LogP contribution is 2.41. The second-order valence-electron chi connectivity index (χ2n) is 6.62. The zero-order chi connectivity index (χ0) is 18.3. The van der Waals surface area contributed by atoms with Crippen LogP contribution in [0.5, 0.6) is 0 Å². The number of aromatic nitrogens is 2. The van der Waals surface area contributed by atoms with Gasteiger partial charge in [-0.15, -0.1) is 0 Å². The summed E-state index contributed by atoms with van der Waals surface area (Å²) in [5.74, 6) is -0.753. The average molecular weight is 355 g/mol. The van der Waals surface area contributed by atoms with Gasteiger partial charge in [0, 0.05) is 24.5 Å². The Kier molecular flexibility index (Phi) is 4.14. The molecule has 4 rings (SSSR count). The maximum Gasteiger partial charge on any atom is 0.146 e. The van der Waals surface area contributed by atoms with E-state index in [-0.39, 0.29) is 17.3 Å². The first-order chi connectivity index (χ1) is 12.6. The van der Waals surface area contributed by atoms with Gasteiger partial charge in [-0.3, -0.25) is 5.10 Å². The number of halogens is 2. The second kappa shape index (κ2) is 6.48. The molecule has 0 spiro atoms. The van der Waals surface area contributed by atoms with E-state index in [2.05, 4.69) is 15.2 Å². The smallest absolute Gasteiger partial charge is 0.146 e. The van der Waals surface area contributed by atoms with Crippen LogP contribution in [-0.2, 0) is 0 Å². The molecule has 7 heteroatoms. The van der Waals surface area contributed by atoms with Crippen LogP contribution in [0.25, 0.3) is 5.57 Å². The van der Waals surface area contributed by atoms with Crippen molar-refractivity contribution in [1.82, 2.24) is 15.1 Å². The molecule has 1 aliphatic carbocycles. The number of aliphatic imine (C=N–C) groups is 1. The zero-order valence-electron chi connectivity index (χ0n) is 14.4. The number of fused-ring (bicyclic) bond motifs is 1. The maximum atomic E-state index is 14.9. The van der Waals surface area contributed by atoms with E-state index in [1.807, 2.05) is 6.92 Å². The normalized spacial score (nSPS) is 16.7. The molecule has 0 saturated heterocycles. The summed E-state index contributed by atoms with van der Waals surface area (Å²) < 4.78 is 29.7. The Hall–Kier alpha value is -2.83. The van der Waals surface area contributed by atoms with Gasteiger partial charge in [0.2, 0.25) is 0 Å². The molecule has 2 aliphatic rings. The van der Waals surface area contributed by atoms with Crippen LogP contribution in [0.2, 0.25) is 0 Å². The Morgan fingerprint density at radius 3 is 2.65 bits per heavy atom. The summed E-state index contributed by atoms with van der Waals surface area (Å²) in [6.45, 7) is 2.50. The van der Waals surface area contributed by atoms with Gasteiger partial charge in [-0.1, -0.05) is 6.92 Å². The van der Waals surface area contributed by atoms with Crippen molar-refractivity contribution in [3.63, 3.8) is 0 Å². The minimum atomic E-state index is -0.608. The molecule has 134 valence electrons. The van der Waals surface area contributed by atoms with Gasteiger partial charge in [0.25, 0.3) is 0 Å². The number of hydrogen-bond donors (Lipinski definition) is 2. The number of aromatic amines is 1. The third kappa shape index (κ3) is 2.83. The maximum absolute atomic E-state index is 14.9. The summed E-state index contributed by atoms with van der Waals surface area (Å²) >= 11 is 0. The Morgan fingerprint density at radius 2 is 2.04 bits per heavy atom. The number of allylic oxidation sites excluding steroid dienone is 1. The lowest BCUT2D eigenvalue weighted by Crippen LogP contribution is -2.29. The predicted octanol–water partition coefficient (Wildman–Crippen LogP) is 4.36. The van der Waals surface area contributed by atoms with Crippen molar-refractivity contribution in [3.8, 4) is 0 Å². The van der Waals surface area contributed by atoms with E-state index in [0.29, 0.717) is 29.1 Å². The lowest BCUT2D eigenvalue weighted by atomic mass is 10.0. The number of rotatable bonds is 5. The van der Waals surface area contributed by atoms with Crippen molar-refractivity contribution in [1.29, 1.82) is 5.41 Å². The van der Waals surface area contributed by atoms with E-state index >= 15 is 0 Å². The van der Waals surface area contributed by atoms with Crippen molar-refractivity contribution in [2.75, 3.05) is 6.54 Å². The van der Waals surface area contributed by atoms with E-state index in [1.54, 1.807) is 11.1 Å². The van der Waals surface area contributed by atoms with Crippen LogP contribution in [-0.4, -0.2) is 33.7 Å². The first kappa shape index (κ1) is 16.6. The van der Waals surface area contributed by atoms with Crippen molar-refractivity contribution < 1.29 is 8.78 Å². The molecule has 0 atom stereocenters. The molecule has 1 fully saturated rings. The SMILES string of the molecule is CCCN1C=C(C=N)c2[nH]ncc2N=C1c1c(F)cc(C2CC2)cc1F. The number of nitrogens with zero attached hydrogens (tertiary/aromatic N) is 3. The lowest BCUT2D eigenvalue weighted by Gasteiger charge is -2.22. The van der Waals surface area contributed by atoms with Crippen LogP contribution in [0.15, 0.2) is 29.5 Å². The molecular formula is C19H19F2N5. The fourth-order valence-corrected chi connectivity index (χ4v) is 3.23. The summed E-state index contributed by atoms with van der Waals surface area (Å²) in [5, 5.41) is 14.4. The fourth-order valence-electron chi connectivity index (χ4n) is 3.23. The van der Waals surface area contributed by atoms with E-state index in [1.165, 1.54) is 24.5 Å². The van der Waals surface area contributed by atoms with Crippen molar-refractivity contribution >= 4 is 23.3 Å². The van der Waals surface area contributed by atoms with Crippen LogP contribution in [0.1, 0.15) is 48.9 Å². The third-order valence-corrected chi connectivity index (χ3v) is 4.66. The molecule has 2 N–H and O–H groups in total. The molecule has 2 aromatic rings. The molecule has 1 aromatic carbocycles. The van der Waals surface area contributed by atoms with Crippen LogP contribution in [0.4, 0.5) is 14.5 Å². The molecule has 5 nitrogen and oxygen atoms in total. The number of amidine groups is 1. The largest absolute Gasteiger partial charge is 0.332 e. The molecule has 1 aromatic heterocycles. The molecule has 2 heterocycles. The summed E-state index contributed by atoms with van der Waals surface area (Å²) in [6.07, 6.45) is 7.08. The van der Waals surface area contributed by atoms with Gasteiger partial charge in [-0.05, 0) is 42.9 Å². The zero-order valence-corrected chi connectivity index (χ0v) is 14.4. The predicted molar refractivity (Wildman–Crippen MR) is 96.9 cm³/mol.